The fourth-order valence-electron chi connectivity index (χ4n) is 1.99. The van der Waals surface area contributed by atoms with E-state index in [0.29, 0.717) is 0 Å². The van der Waals surface area contributed by atoms with E-state index in [9.17, 15) is 0 Å². The predicted molar refractivity (Wildman–Crippen MR) is 63.5 cm³/mol. The van der Waals surface area contributed by atoms with Crippen LogP contribution in [0.4, 0.5) is 5.69 Å². The molecule has 3 heteroatoms. The number of nitrogens with zero attached hydrogens (tertiary/aromatic N) is 1. The van der Waals surface area contributed by atoms with Crippen molar-refractivity contribution < 1.29 is 0 Å². The van der Waals surface area contributed by atoms with E-state index in [1.165, 1.54) is 17.3 Å². The highest BCUT2D eigenvalue weighted by atomic mass is 15.0. The molecule has 2 aromatic rings. The van der Waals surface area contributed by atoms with Gasteiger partial charge in [-0.25, -0.2) is 0 Å². The fourth-order valence-corrected chi connectivity index (χ4v) is 1.99. The third kappa shape index (κ3) is 1.50. The molecule has 3 nitrogen and oxygen atoms in total. The predicted octanol–water partition coefficient (Wildman–Crippen LogP) is 2.77. The van der Waals surface area contributed by atoms with Crippen molar-refractivity contribution in [2.45, 2.75) is 12.8 Å². The molecular formula is C12H13N3. The van der Waals surface area contributed by atoms with Crippen molar-refractivity contribution in [3.8, 4) is 0 Å². The fraction of sp³-hybridized carbons (Fsp3) is 0.250. The molecule has 0 bridgehead atoms. The third-order valence-corrected chi connectivity index (χ3v) is 2.75. The number of amidine groups is 1. The molecule has 0 atom stereocenters. The minimum atomic E-state index is 0.964. The van der Waals surface area contributed by atoms with Crippen LogP contribution < -0.4 is 5.32 Å². The first kappa shape index (κ1) is 8.53. The zero-order valence-corrected chi connectivity index (χ0v) is 8.46. The van der Waals surface area contributed by atoms with Gasteiger partial charge in [-0.3, -0.25) is 4.99 Å². The van der Waals surface area contributed by atoms with Gasteiger partial charge in [0, 0.05) is 35.8 Å². The standard InChI is InChI=1S/C12H13N3/c1-3-10-9(6-8-13-10)11(4-1)15-12-5-2-7-14-12/h1,3-4,6,8,13H,2,5,7H2,(H,14,15). The van der Waals surface area contributed by atoms with Gasteiger partial charge in [-0.05, 0) is 24.6 Å². The van der Waals surface area contributed by atoms with E-state index < -0.39 is 0 Å². The molecule has 0 amide bonds. The summed E-state index contributed by atoms with van der Waals surface area (Å²) in [6, 6.07) is 8.32. The number of hydrogen-bond acceptors (Lipinski definition) is 2. The van der Waals surface area contributed by atoms with Crippen LogP contribution in [0.2, 0.25) is 0 Å². The normalized spacial score (nSPS) is 15.6. The van der Waals surface area contributed by atoms with Crippen LogP contribution in [0.25, 0.3) is 10.9 Å². The van der Waals surface area contributed by atoms with Gasteiger partial charge in [0.15, 0.2) is 0 Å². The van der Waals surface area contributed by atoms with Crippen LogP contribution in [-0.2, 0) is 0 Å². The zero-order valence-electron chi connectivity index (χ0n) is 8.46. The molecule has 76 valence electrons. The largest absolute Gasteiger partial charge is 0.361 e. The molecule has 0 radical (unpaired) electrons. The Kier molecular flexibility index (Phi) is 1.95. The summed E-state index contributed by atoms with van der Waals surface area (Å²) in [6.45, 7) is 0.964. The molecule has 1 aliphatic rings. The molecule has 1 aromatic carbocycles. The lowest BCUT2D eigenvalue weighted by atomic mass is 10.2. The topological polar surface area (TPSA) is 40.2 Å². The average Bonchev–Trinajstić information content (AvgIpc) is 2.87. The van der Waals surface area contributed by atoms with Crippen LogP contribution in [0.15, 0.2) is 35.5 Å². The molecule has 0 saturated carbocycles. The number of aromatic amines is 1. The van der Waals surface area contributed by atoms with Gasteiger partial charge >= 0.3 is 0 Å². The summed E-state index contributed by atoms with van der Waals surface area (Å²) < 4.78 is 0. The number of aliphatic imine (C=N–C) groups is 1. The Hall–Kier alpha value is -1.77. The Bertz CT molecular complexity index is 510. The van der Waals surface area contributed by atoms with E-state index in [1.54, 1.807) is 0 Å². The van der Waals surface area contributed by atoms with Crippen LogP contribution in [0.5, 0.6) is 0 Å². The number of anilines is 1. The van der Waals surface area contributed by atoms with Gasteiger partial charge in [0.2, 0.25) is 0 Å². The van der Waals surface area contributed by atoms with Gasteiger partial charge in [-0.2, -0.15) is 0 Å². The van der Waals surface area contributed by atoms with Gasteiger partial charge in [0.1, 0.15) is 5.84 Å². The maximum Gasteiger partial charge on any atom is 0.101 e. The average molecular weight is 199 g/mol. The summed E-state index contributed by atoms with van der Waals surface area (Å²) in [4.78, 5) is 7.62. The number of benzene rings is 1. The Labute approximate surface area is 88.2 Å². The van der Waals surface area contributed by atoms with Gasteiger partial charge < -0.3 is 10.3 Å². The van der Waals surface area contributed by atoms with E-state index >= 15 is 0 Å². The van der Waals surface area contributed by atoms with E-state index in [4.69, 9.17) is 0 Å². The molecule has 0 unspecified atom stereocenters. The maximum absolute atomic E-state index is 4.42. The minimum absolute atomic E-state index is 0.964. The lowest BCUT2D eigenvalue weighted by Crippen LogP contribution is -2.08. The molecule has 2 heterocycles. The smallest absolute Gasteiger partial charge is 0.101 e. The second-order valence-corrected chi connectivity index (χ2v) is 3.80. The van der Waals surface area contributed by atoms with Crippen molar-refractivity contribution in [3.63, 3.8) is 0 Å². The Morgan fingerprint density at radius 2 is 2.27 bits per heavy atom. The SMILES string of the molecule is c1cc(NC2=NCCC2)c2cc[nH]c2c1. The summed E-state index contributed by atoms with van der Waals surface area (Å²) in [5.41, 5.74) is 2.31. The van der Waals surface area contributed by atoms with Gasteiger partial charge in [-0.1, -0.05) is 6.07 Å². The van der Waals surface area contributed by atoms with Crippen molar-refractivity contribution in [1.82, 2.24) is 4.98 Å². The molecule has 3 rings (SSSR count). The molecule has 0 fully saturated rings. The Morgan fingerprint density at radius 1 is 1.27 bits per heavy atom. The van der Waals surface area contributed by atoms with Crippen molar-refractivity contribution >= 4 is 22.4 Å². The van der Waals surface area contributed by atoms with Gasteiger partial charge in [-0.15, -0.1) is 0 Å². The minimum Gasteiger partial charge on any atom is -0.361 e. The number of fused-ring (bicyclic) bond motifs is 1. The lowest BCUT2D eigenvalue weighted by molar-refractivity contribution is 0.951. The number of hydrogen-bond donors (Lipinski definition) is 2. The molecule has 15 heavy (non-hydrogen) atoms. The Balaban J connectivity index is 1.99. The lowest BCUT2D eigenvalue weighted by Gasteiger charge is -2.06. The first-order valence-electron chi connectivity index (χ1n) is 5.30. The van der Waals surface area contributed by atoms with Crippen molar-refractivity contribution in [3.05, 3.63) is 30.5 Å². The van der Waals surface area contributed by atoms with Crippen LogP contribution in [0.1, 0.15) is 12.8 Å². The summed E-state index contributed by atoms with van der Waals surface area (Å²) in [5, 5.41) is 4.63. The van der Waals surface area contributed by atoms with Crippen molar-refractivity contribution in [1.29, 1.82) is 0 Å². The Morgan fingerprint density at radius 3 is 3.13 bits per heavy atom. The second-order valence-electron chi connectivity index (χ2n) is 3.80. The highest BCUT2D eigenvalue weighted by Gasteiger charge is 2.08. The first-order valence-corrected chi connectivity index (χ1v) is 5.30. The number of rotatable bonds is 1. The number of H-pyrrole nitrogens is 1. The van der Waals surface area contributed by atoms with Crippen LogP contribution >= 0.6 is 0 Å². The van der Waals surface area contributed by atoms with Gasteiger partial charge in [0.25, 0.3) is 0 Å². The summed E-state index contributed by atoms with van der Waals surface area (Å²) in [7, 11) is 0. The molecule has 1 aromatic heterocycles. The highest BCUT2D eigenvalue weighted by Crippen LogP contribution is 2.23. The summed E-state index contributed by atoms with van der Waals surface area (Å²) in [5.74, 6) is 1.11. The van der Waals surface area contributed by atoms with Crippen LogP contribution in [0.3, 0.4) is 0 Å². The molecule has 0 aliphatic carbocycles. The van der Waals surface area contributed by atoms with E-state index in [2.05, 4.69) is 39.6 Å². The number of aromatic nitrogens is 1. The second kappa shape index (κ2) is 3.42. The van der Waals surface area contributed by atoms with Crippen molar-refractivity contribution in [2.24, 2.45) is 4.99 Å². The van der Waals surface area contributed by atoms with Gasteiger partial charge in [0.05, 0.1) is 0 Å². The molecule has 0 spiro atoms. The van der Waals surface area contributed by atoms with E-state index in [0.717, 1.165) is 24.5 Å². The molecular weight excluding hydrogens is 186 g/mol. The van der Waals surface area contributed by atoms with Crippen LogP contribution in [0, 0.1) is 0 Å². The first-order chi connectivity index (χ1) is 7.43. The molecule has 1 aliphatic heterocycles. The quantitative estimate of drug-likeness (QED) is 0.728. The van der Waals surface area contributed by atoms with Crippen molar-refractivity contribution in [2.75, 3.05) is 11.9 Å². The maximum atomic E-state index is 4.42. The van der Waals surface area contributed by atoms with E-state index in [-0.39, 0.29) is 0 Å². The van der Waals surface area contributed by atoms with Crippen LogP contribution in [-0.4, -0.2) is 17.4 Å². The number of nitrogens with one attached hydrogen (secondary N) is 2. The molecule has 2 N–H and O–H groups in total. The third-order valence-electron chi connectivity index (χ3n) is 2.75. The highest BCUT2D eigenvalue weighted by molar-refractivity contribution is 6.03. The monoisotopic (exact) mass is 199 g/mol. The summed E-state index contributed by atoms with van der Waals surface area (Å²) >= 11 is 0. The molecule has 0 saturated heterocycles. The zero-order chi connectivity index (χ0) is 10.1. The van der Waals surface area contributed by atoms with E-state index in [1.807, 2.05) is 6.20 Å². The summed E-state index contributed by atoms with van der Waals surface area (Å²) in [6.07, 6.45) is 4.21.